The van der Waals surface area contributed by atoms with Crippen molar-refractivity contribution in [1.82, 2.24) is 5.32 Å². The molecular weight excluding hydrogens is 401 g/mol. The van der Waals surface area contributed by atoms with Gasteiger partial charge in [0.05, 0.1) is 0 Å². The van der Waals surface area contributed by atoms with Gasteiger partial charge < -0.3 is 16.0 Å². The van der Waals surface area contributed by atoms with Crippen LogP contribution in [-0.2, 0) is 0 Å². The Morgan fingerprint density at radius 2 is 0.897 bits per heavy atom. The van der Waals surface area contributed by atoms with Gasteiger partial charge in [-0.15, -0.1) is 0 Å². The van der Waals surface area contributed by atoms with E-state index in [0.29, 0.717) is 0 Å². The Balaban J connectivity index is 1.25. The Morgan fingerprint density at radius 3 is 1.34 bits per heavy atom. The quantitative estimate of drug-likeness (QED) is 0.286. The Morgan fingerprint density at radius 1 is 0.483 bits per heavy atom. The van der Waals surface area contributed by atoms with Crippen LogP contribution < -0.4 is 16.0 Å². The predicted octanol–water partition coefficient (Wildman–Crippen LogP) is 6.41. The zero-order valence-corrected chi connectivity index (χ0v) is 17.5. The maximum absolute atomic E-state index is 6.29. The van der Waals surface area contributed by atoms with Crippen molar-refractivity contribution in [3.63, 3.8) is 0 Å². The molecule has 4 aromatic carbocycles. The minimum Gasteiger partial charge on any atom is -0.383 e. The third kappa shape index (κ3) is 4.59. The van der Waals surface area contributed by atoms with Gasteiger partial charge in [0, 0.05) is 69.1 Å². The SMILES string of the molecule is Clc1ccc(NCCNCCNc2ccc(Cl)c3ccccc23)c2ccccc12. The van der Waals surface area contributed by atoms with E-state index < -0.39 is 0 Å². The molecule has 0 saturated heterocycles. The van der Waals surface area contributed by atoms with E-state index >= 15 is 0 Å². The molecule has 0 spiro atoms. The van der Waals surface area contributed by atoms with Gasteiger partial charge in [-0.05, 0) is 24.3 Å². The summed E-state index contributed by atoms with van der Waals surface area (Å²) in [5.41, 5.74) is 2.22. The van der Waals surface area contributed by atoms with Gasteiger partial charge >= 0.3 is 0 Å². The number of benzene rings is 4. The minimum absolute atomic E-state index is 0.782. The second-order valence-electron chi connectivity index (χ2n) is 6.88. The van der Waals surface area contributed by atoms with E-state index in [9.17, 15) is 0 Å². The van der Waals surface area contributed by atoms with Crippen molar-refractivity contribution >= 4 is 56.1 Å². The second kappa shape index (κ2) is 9.36. The summed E-state index contributed by atoms with van der Waals surface area (Å²) in [5.74, 6) is 0. The van der Waals surface area contributed by atoms with Crippen molar-refractivity contribution < 1.29 is 0 Å². The molecule has 0 aliphatic heterocycles. The molecule has 5 heteroatoms. The highest BCUT2D eigenvalue weighted by Crippen LogP contribution is 2.30. The monoisotopic (exact) mass is 423 g/mol. The standard InChI is InChI=1S/C24H23Cl2N3/c25-21-9-11-23(19-7-3-1-5-17(19)21)28-15-13-27-14-16-29-24-12-10-22(26)18-6-2-4-8-20(18)24/h1-12,27-29H,13-16H2. The third-order valence-corrected chi connectivity index (χ3v) is 5.64. The lowest BCUT2D eigenvalue weighted by Gasteiger charge is -2.13. The molecule has 3 N–H and O–H groups in total. The topological polar surface area (TPSA) is 36.1 Å². The van der Waals surface area contributed by atoms with Gasteiger partial charge in [0.2, 0.25) is 0 Å². The normalized spacial score (nSPS) is 11.1. The van der Waals surface area contributed by atoms with E-state index in [0.717, 1.165) is 69.1 Å². The maximum atomic E-state index is 6.29. The summed E-state index contributed by atoms with van der Waals surface area (Å²) < 4.78 is 0. The lowest BCUT2D eigenvalue weighted by molar-refractivity contribution is 0.719. The lowest BCUT2D eigenvalue weighted by atomic mass is 10.1. The number of rotatable bonds is 8. The molecular formula is C24H23Cl2N3. The number of nitrogens with one attached hydrogen (secondary N) is 3. The molecule has 3 nitrogen and oxygen atoms in total. The van der Waals surface area contributed by atoms with Gasteiger partial charge in [0.15, 0.2) is 0 Å². The van der Waals surface area contributed by atoms with Crippen molar-refractivity contribution in [2.75, 3.05) is 36.8 Å². The van der Waals surface area contributed by atoms with Crippen LogP contribution >= 0.6 is 23.2 Å². The highest BCUT2D eigenvalue weighted by molar-refractivity contribution is 6.36. The summed E-state index contributed by atoms with van der Waals surface area (Å²) in [6.07, 6.45) is 0. The van der Waals surface area contributed by atoms with E-state index in [1.54, 1.807) is 0 Å². The van der Waals surface area contributed by atoms with Crippen LogP contribution in [0, 0.1) is 0 Å². The first-order valence-corrected chi connectivity index (χ1v) is 10.5. The number of fused-ring (bicyclic) bond motifs is 2. The van der Waals surface area contributed by atoms with Crippen LogP contribution in [0.2, 0.25) is 10.0 Å². The molecule has 0 radical (unpaired) electrons. The molecule has 0 fully saturated rings. The highest BCUT2D eigenvalue weighted by atomic mass is 35.5. The van der Waals surface area contributed by atoms with E-state index in [2.05, 4.69) is 28.1 Å². The average molecular weight is 424 g/mol. The molecule has 29 heavy (non-hydrogen) atoms. The first-order chi connectivity index (χ1) is 14.2. The zero-order chi connectivity index (χ0) is 20.1. The van der Waals surface area contributed by atoms with E-state index in [4.69, 9.17) is 23.2 Å². The maximum Gasteiger partial charge on any atom is 0.0485 e. The van der Waals surface area contributed by atoms with Gasteiger partial charge in [-0.3, -0.25) is 0 Å². The van der Waals surface area contributed by atoms with Gasteiger partial charge in [0.1, 0.15) is 0 Å². The predicted molar refractivity (Wildman–Crippen MR) is 128 cm³/mol. The summed E-state index contributed by atoms with van der Waals surface area (Å²) in [5, 5.41) is 16.5. The summed E-state index contributed by atoms with van der Waals surface area (Å²) >= 11 is 12.6. The molecule has 0 aliphatic rings. The van der Waals surface area contributed by atoms with Gasteiger partial charge in [-0.2, -0.15) is 0 Å². The number of hydrogen-bond donors (Lipinski definition) is 3. The summed E-state index contributed by atoms with van der Waals surface area (Å²) in [6.45, 7) is 3.44. The Hall–Kier alpha value is -2.46. The molecule has 0 aliphatic carbocycles. The van der Waals surface area contributed by atoms with Gasteiger partial charge in [-0.1, -0.05) is 71.7 Å². The number of anilines is 2. The lowest BCUT2D eigenvalue weighted by Crippen LogP contribution is -2.27. The first-order valence-electron chi connectivity index (χ1n) is 9.77. The van der Waals surface area contributed by atoms with Crippen molar-refractivity contribution in [3.8, 4) is 0 Å². The van der Waals surface area contributed by atoms with Crippen molar-refractivity contribution in [1.29, 1.82) is 0 Å². The van der Waals surface area contributed by atoms with E-state index in [1.807, 2.05) is 60.7 Å². The van der Waals surface area contributed by atoms with Crippen molar-refractivity contribution in [3.05, 3.63) is 82.8 Å². The largest absolute Gasteiger partial charge is 0.383 e. The average Bonchev–Trinajstić information content (AvgIpc) is 2.76. The van der Waals surface area contributed by atoms with Gasteiger partial charge in [-0.25, -0.2) is 0 Å². The molecule has 4 rings (SSSR count). The van der Waals surface area contributed by atoms with Crippen LogP contribution in [0.1, 0.15) is 0 Å². The molecule has 0 bridgehead atoms. The summed E-state index contributed by atoms with van der Waals surface area (Å²) in [4.78, 5) is 0. The Labute approximate surface area is 181 Å². The van der Waals surface area contributed by atoms with Crippen molar-refractivity contribution in [2.24, 2.45) is 0 Å². The smallest absolute Gasteiger partial charge is 0.0485 e. The number of hydrogen-bond acceptors (Lipinski definition) is 3. The highest BCUT2D eigenvalue weighted by Gasteiger charge is 2.04. The first kappa shape index (κ1) is 19.8. The molecule has 4 aromatic rings. The molecule has 0 amide bonds. The fourth-order valence-electron chi connectivity index (χ4n) is 3.53. The minimum atomic E-state index is 0.782. The Kier molecular flexibility index (Phi) is 6.40. The van der Waals surface area contributed by atoms with Crippen LogP contribution in [0.4, 0.5) is 11.4 Å². The fourth-order valence-corrected chi connectivity index (χ4v) is 3.98. The molecule has 148 valence electrons. The number of halogens is 2. The third-order valence-electron chi connectivity index (χ3n) is 4.98. The van der Waals surface area contributed by atoms with Gasteiger partial charge in [0.25, 0.3) is 0 Å². The van der Waals surface area contributed by atoms with Crippen molar-refractivity contribution in [2.45, 2.75) is 0 Å². The molecule has 0 heterocycles. The molecule has 0 atom stereocenters. The van der Waals surface area contributed by atoms with E-state index in [-0.39, 0.29) is 0 Å². The zero-order valence-electron chi connectivity index (χ0n) is 16.0. The molecule has 0 saturated carbocycles. The van der Waals surface area contributed by atoms with Crippen LogP contribution in [0.25, 0.3) is 21.5 Å². The molecule has 0 unspecified atom stereocenters. The van der Waals surface area contributed by atoms with Crippen LogP contribution in [0.3, 0.4) is 0 Å². The van der Waals surface area contributed by atoms with Crippen LogP contribution in [-0.4, -0.2) is 26.2 Å². The van der Waals surface area contributed by atoms with E-state index in [1.165, 1.54) is 0 Å². The fraction of sp³-hybridized carbons (Fsp3) is 0.167. The Bertz CT molecular complexity index is 1040. The van der Waals surface area contributed by atoms with Crippen LogP contribution in [0.5, 0.6) is 0 Å². The summed E-state index contributed by atoms with van der Waals surface area (Å²) in [6, 6.07) is 24.3. The molecule has 0 aromatic heterocycles. The second-order valence-corrected chi connectivity index (χ2v) is 7.70. The van der Waals surface area contributed by atoms with Crippen LogP contribution in [0.15, 0.2) is 72.8 Å². The summed E-state index contributed by atoms with van der Waals surface area (Å²) in [7, 11) is 0.